The van der Waals surface area contributed by atoms with Gasteiger partial charge in [0.05, 0.1) is 16.8 Å². The lowest BCUT2D eigenvalue weighted by atomic mass is 10.1. The van der Waals surface area contributed by atoms with E-state index in [1.807, 2.05) is 75.3 Å². The first-order chi connectivity index (χ1) is 16.2. The van der Waals surface area contributed by atoms with Gasteiger partial charge in [0.15, 0.2) is 0 Å². The third kappa shape index (κ3) is 4.40. The molecule has 8 heteroatoms. The molecule has 1 aliphatic rings. The van der Waals surface area contributed by atoms with Crippen molar-refractivity contribution < 1.29 is 9.53 Å². The molecule has 2 aromatic carbocycles. The zero-order chi connectivity index (χ0) is 24.6. The zero-order valence-corrected chi connectivity index (χ0v) is 20.8. The van der Waals surface area contributed by atoms with Crippen molar-refractivity contribution in [3.8, 4) is 11.3 Å². The smallest absolute Gasteiger partial charge is 0.302 e. The third-order valence-corrected chi connectivity index (χ3v) is 6.49. The molecular weight excluding hydrogens is 452 g/mol. The van der Waals surface area contributed by atoms with Crippen molar-refractivity contribution in [2.45, 2.75) is 45.9 Å². The van der Waals surface area contributed by atoms with Gasteiger partial charge in [-0.15, -0.1) is 0 Å². The summed E-state index contributed by atoms with van der Waals surface area (Å²) >= 11 is 6.55. The normalized spacial score (nSPS) is 16.8. The predicted octanol–water partition coefficient (Wildman–Crippen LogP) is 4.60. The van der Waals surface area contributed by atoms with E-state index in [-0.39, 0.29) is 23.7 Å². The molecule has 1 aliphatic carbocycles. The van der Waals surface area contributed by atoms with E-state index in [2.05, 4.69) is 10.3 Å². The van der Waals surface area contributed by atoms with E-state index in [1.165, 1.54) is 6.92 Å². The first-order valence-corrected chi connectivity index (χ1v) is 11.7. The topological polar surface area (TPSA) is 76.5 Å². The fourth-order valence-electron chi connectivity index (χ4n) is 4.53. The molecule has 4 rings (SSSR count). The molecule has 1 heterocycles. The number of hydrogen-bond acceptors (Lipinski definition) is 6. The number of nitrogens with one attached hydrogen (secondary N) is 1. The van der Waals surface area contributed by atoms with Crippen LogP contribution < -0.4 is 15.8 Å². The van der Waals surface area contributed by atoms with Gasteiger partial charge in [0.2, 0.25) is 0 Å². The highest BCUT2D eigenvalue weighted by Gasteiger charge is 2.35. The minimum Gasteiger partial charge on any atom is -0.460 e. The number of aromatic nitrogens is 2. The van der Waals surface area contributed by atoms with Gasteiger partial charge in [-0.25, -0.2) is 4.98 Å². The van der Waals surface area contributed by atoms with Crippen LogP contribution in [0.1, 0.15) is 36.7 Å². The fraction of sp³-hybridized carbons (Fsp3) is 0.346. The molecule has 3 aromatic rings. The maximum Gasteiger partial charge on any atom is 0.302 e. The van der Waals surface area contributed by atoms with Crippen molar-refractivity contribution in [2.24, 2.45) is 0 Å². The van der Waals surface area contributed by atoms with Gasteiger partial charge in [-0.1, -0.05) is 35.9 Å². The van der Waals surface area contributed by atoms with E-state index < -0.39 is 0 Å². The lowest BCUT2D eigenvalue weighted by Crippen LogP contribution is -2.32. The molecule has 7 nitrogen and oxygen atoms in total. The molecule has 1 N–H and O–H groups in total. The lowest BCUT2D eigenvalue weighted by molar-refractivity contribution is -0.146. The summed E-state index contributed by atoms with van der Waals surface area (Å²) in [6.07, 6.45) is 0.240. The highest BCUT2D eigenvalue weighted by atomic mass is 35.5. The molecule has 0 bridgehead atoms. The van der Waals surface area contributed by atoms with Gasteiger partial charge in [0.1, 0.15) is 17.6 Å². The Morgan fingerprint density at radius 1 is 1.26 bits per heavy atom. The largest absolute Gasteiger partial charge is 0.460 e. The highest BCUT2D eigenvalue weighted by molar-refractivity contribution is 6.33. The summed E-state index contributed by atoms with van der Waals surface area (Å²) in [6.45, 7) is 5.63. The standard InChI is InChI=1S/C26H29ClN4O3/c1-6-31-25(29-23-19-10-8-7-9-17(19)13-22(23)34-16(3)32)15(2)28-24(26(31)33)20-12-11-18(30(4)5)14-21(20)27/h7-12,14,22-23,29H,6,13H2,1-5H3/t22-,23-/m0/s1. The highest BCUT2D eigenvalue weighted by Crippen LogP contribution is 2.37. The molecule has 178 valence electrons. The Morgan fingerprint density at radius 2 is 2.00 bits per heavy atom. The van der Waals surface area contributed by atoms with Crippen LogP contribution in [0.4, 0.5) is 11.5 Å². The Balaban J connectivity index is 1.78. The molecule has 0 unspecified atom stereocenters. The molecule has 0 radical (unpaired) electrons. The average molecular weight is 481 g/mol. The quantitative estimate of drug-likeness (QED) is 0.520. The van der Waals surface area contributed by atoms with E-state index >= 15 is 0 Å². The Hall–Kier alpha value is -3.32. The van der Waals surface area contributed by atoms with Crippen LogP contribution in [0.5, 0.6) is 0 Å². The van der Waals surface area contributed by atoms with Gasteiger partial charge in [-0.3, -0.25) is 14.2 Å². The first-order valence-electron chi connectivity index (χ1n) is 11.3. The first kappa shape index (κ1) is 23.8. The van der Waals surface area contributed by atoms with Gasteiger partial charge < -0.3 is 15.0 Å². The second-order valence-corrected chi connectivity index (χ2v) is 9.08. The monoisotopic (exact) mass is 480 g/mol. The number of fused-ring (bicyclic) bond motifs is 1. The van der Waals surface area contributed by atoms with Crippen LogP contribution in [0.3, 0.4) is 0 Å². The number of nitrogens with zero attached hydrogens (tertiary/aromatic N) is 3. The second kappa shape index (κ2) is 9.50. The number of halogens is 1. The zero-order valence-electron chi connectivity index (χ0n) is 20.1. The average Bonchev–Trinajstić information content (AvgIpc) is 3.12. The second-order valence-electron chi connectivity index (χ2n) is 8.68. The maximum absolute atomic E-state index is 13.5. The Labute approximate surface area is 204 Å². The molecule has 0 spiro atoms. The van der Waals surface area contributed by atoms with Crippen LogP contribution in [-0.2, 0) is 22.5 Å². The van der Waals surface area contributed by atoms with Crippen LogP contribution >= 0.6 is 11.6 Å². The summed E-state index contributed by atoms with van der Waals surface area (Å²) < 4.78 is 7.30. The van der Waals surface area contributed by atoms with E-state index in [4.69, 9.17) is 16.3 Å². The van der Waals surface area contributed by atoms with Crippen LogP contribution in [0.25, 0.3) is 11.3 Å². The molecule has 0 aliphatic heterocycles. The van der Waals surface area contributed by atoms with E-state index in [0.717, 1.165) is 16.8 Å². The molecule has 0 fully saturated rings. The van der Waals surface area contributed by atoms with Crippen molar-refractivity contribution in [3.63, 3.8) is 0 Å². The summed E-state index contributed by atoms with van der Waals surface area (Å²) in [4.78, 5) is 31.9. The van der Waals surface area contributed by atoms with Crippen molar-refractivity contribution in [1.29, 1.82) is 0 Å². The summed E-state index contributed by atoms with van der Waals surface area (Å²) in [5.41, 5.74) is 4.44. The minimum atomic E-state index is -0.373. The molecular formula is C26H29ClN4O3. The number of ether oxygens (including phenoxy) is 1. The number of benzene rings is 2. The number of hydrogen-bond donors (Lipinski definition) is 1. The summed E-state index contributed by atoms with van der Waals surface area (Å²) in [5.74, 6) is 0.273. The van der Waals surface area contributed by atoms with Gasteiger partial charge in [0.25, 0.3) is 5.56 Å². The van der Waals surface area contributed by atoms with Gasteiger partial charge >= 0.3 is 5.97 Å². The van der Waals surface area contributed by atoms with Gasteiger partial charge in [-0.2, -0.15) is 0 Å². The Morgan fingerprint density at radius 3 is 2.65 bits per heavy atom. The number of esters is 1. The van der Waals surface area contributed by atoms with Crippen LogP contribution in [0, 0.1) is 6.92 Å². The molecule has 34 heavy (non-hydrogen) atoms. The molecule has 0 saturated carbocycles. The fourth-order valence-corrected chi connectivity index (χ4v) is 4.79. The number of carbonyl (C=O) groups is 1. The van der Waals surface area contributed by atoms with Crippen LogP contribution in [0.15, 0.2) is 47.3 Å². The van der Waals surface area contributed by atoms with Crippen molar-refractivity contribution in [2.75, 3.05) is 24.3 Å². The third-order valence-electron chi connectivity index (χ3n) is 6.17. The molecule has 0 amide bonds. The van der Waals surface area contributed by atoms with Crippen molar-refractivity contribution >= 4 is 29.1 Å². The SMILES string of the molecule is CCn1c(N[C@H]2c3ccccc3C[C@@H]2OC(C)=O)c(C)nc(-c2ccc(N(C)C)cc2Cl)c1=O. The molecule has 0 saturated heterocycles. The molecule has 1 aromatic heterocycles. The Kier molecular flexibility index (Phi) is 6.66. The summed E-state index contributed by atoms with van der Waals surface area (Å²) in [5, 5.41) is 3.95. The summed E-state index contributed by atoms with van der Waals surface area (Å²) in [6, 6.07) is 13.3. The van der Waals surface area contributed by atoms with E-state index in [9.17, 15) is 9.59 Å². The number of aryl methyl sites for hydroxylation is 1. The predicted molar refractivity (Wildman–Crippen MR) is 136 cm³/mol. The summed E-state index contributed by atoms with van der Waals surface area (Å²) in [7, 11) is 3.87. The van der Waals surface area contributed by atoms with Gasteiger partial charge in [-0.05, 0) is 43.2 Å². The lowest BCUT2D eigenvalue weighted by Gasteiger charge is -2.25. The maximum atomic E-state index is 13.5. The Bertz CT molecular complexity index is 1300. The van der Waals surface area contributed by atoms with Crippen LogP contribution in [0.2, 0.25) is 5.02 Å². The van der Waals surface area contributed by atoms with Crippen molar-refractivity contribution in [1.82, 2.24) is 9.55 Å². The van der Waals surface area contributed by atoms with Crippen LogP contribution in [-0.4, -0.2) is 35.7 Å². The number of rotatable bonds is 6. The number of anilines is 2. The van der Waals surface area contributed by atoms with Crippen molar-refractivity contribution in [3.05, 3.63) is 74.7 Å². The van der Waals surface area contributed by atoms with Gasteiger partial charge in [0, 0.05) is 45.2 Å². The number of carbonyl (C=O) groups excluding carboxylic acids is 1. The van der Waals surface area contributed by atoms with E-state index in [1.54, 1.807) is 4.57 Å². The van der Waals surface area contributed by atoms with E-state index in [0.29, 0.717) is 40.8 Å². The molecule has 2 atom stereocenters. The minimum absolute atomic E-state index is 0.231.